The number of benzene rings is 1. The Labute approximate surface area is 120 Å². The fraction of sp³-hybridized carbons (Fsp3) is 0.600. The Hall–Kier alpha value is -1.07. The largest absolute Gasteiger partial charge is 0.493 e. The summed E-state index contributed by atoms with van der Waals surface area (Å²) < 4.78 is 28.6. The Morgan fingerprint density at radius 2 is 1.85 bits per heavy atom. The summed E-state index contributed by atoms with van der Waals surface area (Å²) >= 11 is 0. The van der Waals surface area contributed by atoms with Gasteiger partial charge in [-0.25, -0.2) is 8.42 Å². The van der Waals surface area contributed by atoms with Crippen molar-refractivity contribution < 1.29 is 18.3 Å². The number of sulfone groups is 1. The highest BCUT2D eigenvalue weighted by atomic mass is 32.2. The Bertz CT molecular complexity index is 507. The third-order valence-corrected chi connectivity index (χ3v) is 5.70. The monoisotopic (exact) mass is 298 g/mol. The summed E-state index contributed by atoms with van der Waals surface area (Å²) in [4.78, 5) is 0. The molecule has 1 heterocycles. The van der Waals surface area contributed by atoms with Crippen LogP contribution in [0.5, 0.6) is 5.75 Å². The predicted octanol–water partition coefficient (Wildman–Crippen LogP) is 1.81. The number of rotatable bonds is 5. The van der Waals surface area contributed by atoms with Crippen LogP contribution in [0.15, 0.2) is 24.3 Å². The van der Waals surface area contributed by atoms with E-state index in [1.54, 1.807) is 0 Å². The second kappa shape index (κ2) is 6.59. The number of hydrogen-bond acceptors (Lipinski definition) is 4. The Morgan fingerprint density at radius 3 is 2.40 bits per heavy atom. The van der Waals surface area contributed by atoms with Gasteiger partial charge in [-0.1, -0.05) is 17.7 Å². The van der Waals surface area contributed by atoms with Crippen LogP contribution in [0.4, 0.5) is 0 Å². The molecule has 1 aromatic carbocycles. The summed E-state index contributed by atoms with van der Waals surface area (Å²) in [5.74, 6) is 1.50. The van der Waals surface area contributed by atoms with Gasteiger partial charge >= 0.3 is 0 Å². The maximum atomic E-state index is 11.4. The average Bonchev–Trinajstić information content (AvgIpc) is 2.43. The molecule has 1 saturated heterocycles. The summed E-state index contributed by atoms with van der Waals surface area (Å²) in [5.41, 5.74) is 1.17. The molecule has 112 valence electrons. The van der Waals surface area contributed by atoms with Gasteiger partial charge in [-0.05, 0) is 37.8 Å². The highest BCUT2D eigenvalue weighted by molar-refractivity contribution is 7.91. The molecule has 5 heteroatoms. The van der Waals surface area contributed by atoms with Crippen molar-refractivity contribution in [3.63, 3.8) is 0 Å². The van der Waals surface area contributed by atoms with E-state index in [0.29, 0.717) is 19.4 Å². The zero-order chi connectivity index (χ0) is 14.6. The normalized spacial score (nSPS) is 20.5. The molecule has 1 atom stereocenters. The van der Waals surface area contributed by atoms with Crippen molar-refractivity contribution in [2.75, 3.05) is 24.7 Å². The van der Waals surface area contributed by atoms with Crippen molar-refractivity contribution in [3.05, 3.63) is 29.8 Å². The summed E-state index contributed by atoms with van der Waals surface area (Å²) in [6.07, 6.45) is 1.26. The summed E-state index contributed by atoms with van der Waals surface area (Å²) in [6.45, 7) is 2.49. The van der Waals surface area contributed by atoms with Crippen LogP contribution in [0.1, 0.15) is 18.4 Å². The highest BCUT2D eigenvalue weighted by Crippen LogP contribution is 2.27. The first-order valence-corrected chi connectivity index (χ1v) is 8.83. The lowest BCUT2D eigenvalue weighted by atomic mass is 9.88. The van der Waals surface area contributed by atoms with Crippen molar-refractivity contribution >= 4 is 9.84 Å². The Morgan fingerprint density at radius 1 is 1.25 bits per heavy atom. The summed E-state index contributed by atoms with van der Waals surface area (Å²) in [5, 5.41) is 9.50. The molecule has 1 fully saturated rings. The predicted molar refractivity (Wildman–Crippen MR) is 78.6 cm³/mol. The van der Waals surface area contributed by atoms with Crippen molar-refractivity contribution in [1.29, 1.82) is 0 Å². The number of aliphatic hydroxyl groups is 1. The minimum atomic E-state index is -2.85. The SMILES string of the molecule is Cc1ccc(OCC(CO)C2CCS(=O)(=O)CC2)cc1. The fourth-order valence-corrected chi connectivity index (χ4v) is 4.08. The third kappa shape index (κ3) is 4.21. The van der Waals surface area contributed by atoms with Gasteiger partial charge in [0.2, 0.25) is 0 Å². The van der Waals surface area contributed by atoms with Gasteiger partial charge in [0, 0.05) is 12.5 Å². The van der Waals surface area contributed by atoms with Gasteiger partial charge in [0.05, 0.1) is 18.1 Å². The molecule has 0 radical (unpaired) electrons. The van der Waals surface area contributed by atoms with Crippen LogP contribution in [0.25, 0.3) is 0 Å². The zero-order valence-electron chi connectivity index (χ0n) is 11.8. The first-order valence-electron chi connectivity index (χ1n) is 7.01. The molecule has 2 rings (SSSR count). The number of ether oxygens (including phenoxy) is 1. The molecule has 0 saturated carbocycles. The minimum absolute atomic E-state index is 0.00630. The van der Waals surface area contributed by atoms with Crippen molar-refractivity contribution in [2.45, 2.75) is 19.8 Å². The van der Waals surface area contributed by atoms with E-state index in [9.17, 15) is 13.5 Å². The Balaban J connectivity index is 1.88. The minimum Gasteiger partial charge on any atom is -0.493 e. The van der Waals surface area contributed by atoms with Gasteiger partial charge in [-0.3, -0.25) is 0 Å². The van der Waals surface area contributed by atoms with E-state index in [1.165, 1.54) is 5.56 Å². The molecule has 0 aromatic heterocycles. The molecular weight excluding hydrogens is 276 g/mol. The molecule has 20 heavy (non-hydrogen) atoms. The molecule has 1 unspecified atom stereocenters. The van der Waals surface area contributed by atoms with Gasteiger partial charge in [0.15, 0.2) is 0 Å². The van der Waals surface area contributed by atoms with Gasteiger partial charge < -0.3 is 9.84 Å². The van der Waals surface area contributed by atoms with Crippen molar-refractivity contribution in [2.24, 2.45) is 11.8 Å². The number of aryl methyl sites for hydroxylation is 1. The Kier molecular flexibility index (Phi) is 5.05. The second-order valence-electron chi connectivity index (χ2n) is 5.56. The second-order valence-corrected chi connectivity index (χ2v) is 7.86. The molecule has 1 aromatic rings. The van der Waals surface area contributed by atoms with E-state index >= 15 is 0 Å². The van der Waals surface area contributed by atoms with Crippen LogP contribution in [-0.4, -0.2) is 38.2 Å². The number of hydrogen-bond donors (Lipinski definition) is 1. The third-order valence-electron chi connectivity index (χ3n) is 3.99. The molecular formula is C15H22O4S. The van der Waals surface area contributed by atoms with E-state index in [0.717, 1.165) is 5.75 Å². The van der Waals surface area contributed by atoms with Crippen LogP contribution in [-0.2, 0) is 9.84 Å². The molecule has 0 bridgehead atoms. The van der Waals surface area contributed by atoms with E-state index in [-0.39, 0.29) is 29.9 Å². The van der Waals surface area contributed by atoms with E-state index in [2.05, 4.69) is 0 Å². The maximum Gasteiger partial charge on any atom is 0.150 e. The molecule has 0 aliphatic carbocycles. The van der Waals surface area contributed by atoms with E-state index in [1.807, 2.05) is 31.2 Å². The van der Waals surface area contributed by atoms with Gasteiger partial charge in [-0.2, -0.15) is 0 Å². The first-order chi connectivity index (χ1) is 9.50. The van der Waals surface area contributed by atoms with Crippen LogP contribution in [0.3, 0.4) is 0 Å². The van der Waals surface area contributed by atoms with Crippen LogP contribution in [0.2, 0.25) is 0 Å². The van der Waals surface area contributed by atoms with E-state index in [4.69, 9.17) is 4.74 Å². The van der Waals surface area contributed by atoms with Crippen molar-refractivity contribution in [1.82, 2.24) is 0 Å². The molecule has 4 nitrogen and oxygen atoms in total. The van der Waals surface area contributed by atoms with Gasteiger partial charge in [-0.15, -0.1) is 0 Å². The molecule has 0 amide bonds. The lowest BCUT2D eigenvalue weighted by Gasteiger charge is -2.28. The zero-order valence-corrected chi connectivity index (χ0v) is 12.6. The maximum absolute atomic E-state index is 11.4. The van der Waals surface area contributed by atoms with Crippen molar-refractivity contribution in [3.8, 4) is 5.75 Å². The molecule has 1 aliphatic heterocycles. The standard InChI is InChI=1S/C15H22O4S/c1-12-2-4-15(5-3-12)19-11-14(10-16)13-6-8-20(17,18)9-7-13/h2-5,13-14,16H,6-11H2,1H3. The lowest BCUT2D eigenvalue weighted by Crippen LogP contribution is -2.32. The first kappa shape index (κ1) is 15.3. The average molecular weight is 298 g/mol. The van der Waals surface area contributed by atoms with Crippen LogP contribution >= 0.6 is 0 Å². The fourth-order valence-electron chi connectivity index (χ4n) is 2.56. The molecule has 1 aliphatic rings. The smallest absolute Gasteiger partial charge is 0.150 e. The van der Waals surface area contributed by atoms with Crippen LogP contribution < -0.4 is 4.74 Å². The van der Waals surface area contributed by atoms with Gasteiger partial charge in [0.25, 0.3) is 0 Å². The molecule has 1 N–H and O–H groups in total. The summed E-state index contributed by atoms with van der Waals surface area (Å²) in [6, 6.07) is 7.79. The highest BCUT2D eigenvalue weighted by Gasteiger charge is 2.29. The number of aliphatic hydroxyl groups excluding tert-OH is 1. The molecule has 0 spiro atoms. The topological polar surface area (TPSA) is 63.6 Å². The van der Waals surface area contributed by atoms with Gasteiger partial charge in [0.1, 0.15) is 15.6 Å². The summed E-state index contributed by atoms with van der Waals surface area (Å²) in [7, 11) is -2.85. The van der Waals surface area contributed by atoms with E-state index < -0.39 is 9.84 Å². The lowest BCUT2D eigenvalue weighted by molar-refractivity contribution is 0.112. The van der Waals surface area contributed by atoms with Crippen LogP contribution in [0, 0.1) is 18.8 Å². The quantitative estimate of drug-likeness (QED) is 0.900.